The molecule has 30 heavy (non-hydrogen) atoms. The summed E-state index contributed by atoms with van der Waals surface area (Å²) in [7, 11) is 3.77. The lowest BCUT2D eigenvalue weighted by Crippen LogP contribution is -2.33. The van der Waals surface area contributed by atoms with E-state index in [0.717, 1.165) is 18.6 Å². The predicted octanol–water partition coefficient (Wildman–Crippen LogP) is 5.25. The summed E-state index contributed by atoms with van der Waals surface area (Å²) in [5, 5.41) is 0. The summed E-state index contributed by atoms with van der Waals surface area (Å²) in [6.07, 6.45) is 1.70. The number of methoxy groups -OCH3 is 1. The third-order valence-corrected chi connectivity index (χ3v) is 6.14. The van der Waals surface area contributed by atoms with E-state index < -0.39 is 0 Å². The van der Waals surface area contributed by atoms with Crippen molar-refractivity contribution in [2.45, 2.75) is 58.7 Å². The van der Waals surface area contributed by atoms with E-state index in [1.54, 1.807) is 7.11 Å². The molecule has 0 aliphatic carbocycles. The molecule has 0 aromatic heterocycles. The van der Waals surface area contributed by atoms with Gasteiger partial charge in [-0.05, 0) is 60.5 Å². The van der Waals surface area contributed by atoms with Gasteiger partial charge in [0, 0.05) is 6.54 Å². The van der Waals surface area contributed by atoms with Gasteiger partial charge in [0.15, 0.2) is 0 Å². The number of carbonyl (C=O) groups excluding carboxylic acids is 1. The molecule has 0 saturated carbocycles. The van der Waals surface area contributed by atoms with Crippen molar-refractivity contribution in [1.29, 1.82) is 0 Å². The molecule has 1 heterocycles. The highest BCUT2D eigenvalue weighted by atomic mass is 16.5. The monoisotopic (exact) mass is 408 g/mol. The molecule has 0 N–H and O–H groups in total. The smallest absolute Gasteiger partial charge is 0.241 e. The third kappa shape index (κ3) is 4.86. The van der Waals surface area contributed by atoms with Crippen LogP contribution in [0.25, 0.3) is 0 Å². The quantitative estimate of drug-likeness (QED) is 0.598. The molecule has 0 bridgehead atoms. The summed E-state index contributed by atoms with van der Waals surface area (Å²) < 4.78 is 5.26. The fraction of sp³-hybridized carbons (Fsp3) is 0.500. The van der Waals surface area contributed by atoms with Crippen LogP contribution in [-0.4, -0.2) is 42.5 Å². The van der Waals surface area contributed by atoms with Crippen LogP contribution in [0.15, 0.2) is 48.5 Å². The maximum absolute atomic E-state index is 13.4. The molecule has 1 amide bonds. The molecule has 162 valence electrons. The Morgan fingerprint density at radius 2 is 1.60 bits per heavy atom. The summed E-state index contributed by atoms with van der Waals surface area (Å²) in [6, 6.07) is 16.9. The minimum Gasteiger partial charge on any atom is -0.497 e. The standard InChI is InChI=1S/C26H36N2O2/c1-18(2)17-24-26(29)28(16-15-20-7-13-23(30-6)14-8-20)25(27(24)5)22-11-9-21(10-12-22)19(3)4/h7-14,18-19,24-25H,15-17H2,1-6H3/t24-,25+/m0/s1. The Morgan fingerprint density at radius 1 is 0.967 bits per heavy atom. The second kappa shape index (κ2) is 9.65. The molecule has 0 unspecified atom stereocenters. The molecule has 1 fully saturated rings. The molecule has 2 aromatic carbocycles. The van der Waals surface area contributed by atoms with E-state index in [4.69, 9.17) is 4.74 Å². The number of nitrogens with zero attached hydrogens (tertiary/aromatic N) is 2. The second-order valence-corrected chi connectivity index (χ2v) is 9.14. The molecule has 1 aliphatic rings. The summed E-state index contributed by atoms with van der Waals surface area (Å²) in [6.45, 7) is 9.50. The van der Waals surface area contributed by atoms with Crippen molar-refractivity contribution < 1.29 is 9.53 Å². The highest BCUT2D eigenvalue weighted by Crippen LogP contribution is 2.36. The van der Waals surface area contributed by atoms with Crippen molar-refractivity contribution in [2.75, 3.05) is 20.7 Å². The van der Waals surface area contributed by atoms with Gasteiger partial charge in [0.25, 0.3) is 0 Å². The molecule has 2 aromatic rings. The summed E-state index contributed by atoms with van der Waals surface area (Å²) in [4.78, 5) is 17.7. The third-order valence-electron chi connectivity index (χ3n) is 6.14. The number of hydrogen-bond acceptors (Lipinski definition) is 3. The highest BCUT2D eigenvalue weighted by Gasteiger charge is 2.44. The zero-order valence-electron chi connectivity index (χ0n) is 19.3. The normalized spacial score (nSPS) is 19.9. The van der Waals surface area contributed by atoms with Crippen molar-refractivity contribution >= 4 is 5.91 Å². The zero-order chi connectivity index (χ0) is 21.8. The Kier molecular flexibility index (Phi) is 7.19. The molecule has 4 nitrogen and oxygen atoms in total. The van der Waals surface area contributed by atoms with Crippen LogP contribution >= 0.6 is 0 Å². The number of carbonyl (C=O) groups is 1. The first-order chi connectivity index (χ1) is 14.3. The van der Waals surface area contributed by atoms with Crippen LogP contribution in [0.2, 0.25) is 0 Å². The lowest BCUT2D eigenvalue weighted by Gasteiger charge is -2.29. The summed E-state index contributed by atoms with van der Waals surface area (Å²) in [5.74, 6) is 2.09. The van der Waals surface area contributed by atoms with Crippen molar-refractivity contribution in [3.8, 4) is 5.75 Å². The van der Waals surface area contributed by atoms with Gasteiger partial charge in [-0.2, -0.15) is 0 Å². The highest BCUT2D eigenvalue weighted by molar-refractivity contribution is 5.84. The van der Waals surface area contributed by atoms with E-state index in [0.29, 0.717) is 18.4 Å². The molecule has 4 heteroatoms. The molecular weight excluding hydrogens is 372 g/mol. The van der Waals surface area contributed by atoms with Gasteiger partial charge >= 0.3 is 0 Å². The minimum absolute atomic E-state index is 0.0132. The van der Waals surface area contributed by atoms with E-state index in [1.807, 2.05) is 12.1 Å². The maximum atomic E-state index is 13.4. The molecule has 3 rings (SSSR count). The van der Waals surface area contributed by atoms with Gasteiger partial charge in [0.1, 0.15) is 11.9 Å². The van der Waals surface area contributed by atoms with Crippen molar-refractivity contribution in [1.82, 2.24) is 9.80 Å². The number of rotatable bonds is 8. The van der Waals surface area contributed by atoms with Crippen LogP contribution in [0.5, 0.6) is 5.75 Å². The Morgan fingerprint density at radius 3 is 2.13 bits per heavy atom. The number of amides is 1. The van der Waals surface area contributed by atoms with E-state index in [2.05, 4.69) is 80.9 Å². The Hall–Kier alpha value is -2.33. The largest absolute Gasteiger partial charge is 0.497 e. The van der Waals surface area contributed by atoms with Crippen LogP contribution in [0.3, 0.4) is 0 Å². The topological polar surface area (TPSA) is 32.8 Å². The molecule has 1 saturated heterocycles. The van der Waals surface area contributed by atoms with E-state index in [9.17, 15) is 4.79 Å². The Labute approximate surface area is 181 Å². The van der Waals surface area contributed by atoms with Gasteiger partial charge in [-0.15, -0.1) is 0 Å². The van der Waals surface area contributed by atoms with E-state index in [-0.39, 0.29) is 18.1 Å². The summed E-state index contributed by atoms with van der Waals surface area (Å²) in [5.41, 5.74) is 3.73. The van der Waals surface area contributed by atoms with Gasteiger partial charge in [0.2, 0.25) is 5.91 Å². The van der Waals surface area contributed by atoms with Gasteiger partial charge in [-0.3, -0.25) is 9.69 Å². The maximum Gasteiger partial charge on any atom is 0.241 e. The minimum atomic E-state index is -0.0596. The SMILES string of the molecule is COc1ccc(CCN2C(=O)[C@H](CC(C)C)N(C)[C@H]2c2ccc(C(C)C)cc2)cc1. The number of ether oxygens (including phenoxy) is 1. The lowest BCUT2D eigenvalue weighted by molar-refractivity contribution is -0.130. The molecule has 0 spiro atoms. The fourth-order valence-corrected chi connectivity index (χ4v) is 4.33. The first-order valence-corrected chi connectivity index (χ1v) is 11.1. The Balaban J connectivity index is 1.84. The number of likely N-dealkylation sites (N-methyl/N-ethyl adjacent to an activating group) is 1. The van der Waals surface area contributed by atoms with Crippen LogP contribution in [0.4, 0.5) is 0 Å². The predicted molar refractivity (Wildman–Crippen MR) is 123 cm³/mol. The van der Waals surface area contributed by atoms with Crippen LogP contribution < -0.4 is 4.74 Å². The van der Waals surface area contributed by atoms with Gasteiger partial charge in [0.05, 0.1) is 13.2 Å². The fourth-order valence-electron chi connectivity index (χ4n) is 4.33. The first-order valence-electron chi connectivity index (χ1n) is 11.1. The average Bonchev–Trinajstić information content (AvgIpc) is 2.96. The van der Waals surface area contributed by atoms with E-state index in [1.165, 1.54) is 16.7 Å². The van der Waals surface area contributed by atoms with Crippen LogP contribution in [0, 0.1) is 5.92 Å². The number of benzene rings is 2. The summed E-state index contributed by atoms with van der Waals surface area (Å²) >= 11 is 0. The van der Waals surface area contributed by atoms with Gasteiger partial charge in [-0.25, -0.2) is 0 Å². The average molecular weight is 409 g/mol. The molecule has 1 aliphatic heterocycles. The first kappa shape index (κ1) is 22.4. The van der Waals surface area contributed by atoms with Crippen molar-refractivity contribution in [2.24, 2.45) is 5.92 Å². The van der Waals surface area contributed by atoms with Crippen LogP contribution in [-0.2, 0) is 11.2 Å². The van der Waals surface area contributed by atoms with Gasteiger partial charge in [-0.1, -0.05) is 64.1 Å². The Bertz CT molecular complexity index is 827. The second-order valence-electron chi connectivity index (χ2n) is 9.14. The van der Waals surface area contributed by atoms with Crippen molar-refractivity contribution in [3.63, 3.8) is 0 Å². The van der Waals surface area contributed by atoms with E-state index >= 15 is 0 Å². The zero-order valence-corrected chi connectivity index (χ0v) is 19.3. The van der Waals surface area contributed by atoms with Crippen LogP contribution in [0.1, 0.15) is 62.9 Å². The lowest BCUT2D eigenvalue weighted by atomic mass is 10.0. The molecular formula is C26H36N2O2. The number of hydrogen-bond donors (Lipinski definition) is 0. The van der Waals surface area contributed by atoms with Gasteiger partial charge < -0.3 is 9.64 Å². The molecule has 0 radical (unpaired) electrons. The van der Waals surface area contributed by atoms with Crippen molar-refractivity contribution in [3.05, 3.63) is 65.2 Å². The molecule has 2 atom stereocenters.